The van der Waals surface area contributed by atoms with Crippen molar-refractivity contribution in [3.63, 3.8) is 0 Å². The van der Waals surface area contributed by atoms with Crippen LogP contribution in [0, 0.1) is 5.92 Å². The lowest BCUT2D eigenvalue weighted by Crippen LogP contribution is -2.38. The number of nitrogens with two attached hydrogens (primary N) is 2. The standard InChI is InChI=1S/C10H17N5O2/c1-6(11)9-13-14-10(17-9)15-4-2-7(3-5-15)8(12)16/h6-7H,2-5,11H2,1H3,(H2,12,16). The Hall–Kier alpha value is -1.63. The van der Waals surface area contributed by atoms with Gasteiger partial charge in [-0.2, -0.15) is 0 Å². The van der Waals surface area contributed by atoms with Gasteiger partial charge in [-0.3, -0.25) is 4.79 Å². The summed E-state index contributed by atoms with van der Waals surface area (Å²) < 4.78 is 5.44. The van der Waals surface area contributed by atoms with Crippen LogP contribution in [-0.2, 0) is 4.79 Å². The van der Waals surface area contributed by atoms with E-state index in [1.807, 2.05) is 4.90 Å². The minimum Gasteiger partial charge on any atom is -0.406 e. The van der Waals surface area contributed by atoms with E-state index in [1.165, 1.54) is 0 Å². The summed E-state index contributed by atoms with van der Waals surface area (Å²) in [6.45, 7) is 3.19. The van der Waals surface area contributed by atoms with E-state index < -0.39 is 0 Å². The van der Waals surface area contributed by atoms with Gasteiger partial charge in [0.1, 0.15) is 0 Å². The maximum Gasteiger partial charge on any atom is 0.318 e. The molecule has 1 atom stereocenters. The summed E-state index contributed by atoms with van der Waals surface area (Å²) in [5.74, 6) is 0.158. The van der Waals surface area contributed by atoms with Crippen molar-refractivity contribution in [2.24, 2.45) is 17.4 Å². The molecule has 1 aromatic rings. The van der Waals surface area contributed by atoms with Gasteiger partial charge in [0.25, 0.3) is 0 Å². The van der Waals surface area contributed by atoms with E-state index in [2.05, 4.69) is 10.2 Å². The Kier molecular flexibility index (Phi) is 3.28. The Morgan fingerprint density at radius 2 is 2.12 bits per heavy atom. The Morgan fingerprint density at radius 3 is 2.59 bits per heavy atom. The maximum atomic E-state index is 11.0. The number of piperidine rings is 1. The van der Waals surface area contributed by atoms with E-state index in [0.29, 0.717) is 25.0 Å². The van der Waals surface area contributed by atoms with Gasteiger partial charge in [0.2, 0.25) is 11.8 Å². The van der Waals surface area contributed by atoms with Crippen molar-refractivity contribution in [2.45, 2.75) is 25.8 Å². The molecule has 7 nitrogen and oxygen atoms in total. The van der Waals surface area contributed by atoms with E-state index >= 15 is 0 Å². The van der Waals surface area contributed by atoms with Crippen LogP contribution in [0.15, 0.2) is 4.42 Å². The number of primary amides is 1. The number of hydrogen-bond acceptors (Lipinski definition) is 6. The van der Waals surface area contributed by atoms with Crippen LogP contribution < -0.4 is 16.4 Å². The van der Waals surface area contributed by atoms with Crippen LogP contribution in [0.5, 0.6) is 0 Å². The number of anilines is 1. The molecule has 1 fully saturated rings. The first-order chi connectivity index (χ1) is 8.08. The van der Waals surface area contributed by atoms with Crippen molar-refractivity contribution >= 4 is 11.9 Å². The Morgan fingerprint density at radius 1 is 1.47 bits per heavy atom. The van der Waals surface area contributed by atoms with Crippen LogP contribution in [-0.4, -0.2) is 29.2 Å². The van der Waals surface area contributed by atoms with Crippen LogP contribution in [0.25, 0.3) is 0 Å². The molecule has 0 radical (unpaired) electrons. The number of hydrogen-bond donors (Lipinski definition) is 2. The Labute approximate surface area is 99.1 Å². The van der Waals surface area contributed by atoms with Crippen molar-refractivity contribution in [3.05, 3.63) is 5.89 Å². The highest BCUT2D eigenvalue weighted by molar-refractivity contribution is 5.76. The summed E-state index contributed by atoms with van der Waals surface area (Å²) in [5, 5.41) is 7.81. The Bertz CT molecular complexity index is 395. The summed E-state index contributed by atoms with van der Waals surface area (Å²) in [4.78, 5) is 13.0. The van der Waals surface area contributed by atoms with Crippen LogP contribution in [0.1, 0.15) is 31.7 Å². The van der Waals surface area contributed by atoms with Gasteiger partial charge >= 0.3 is 6.01 Å². The molecule has 7 heteroatoms. The lowest BCUT2D eigenvalue weighted by molar-refractivity contribution is -0.122. The van der Waals surface area contributed by atoms with Gasteiger partial charge in [-0.1, -0.05) is 5.10 Å². The topological polar surface area (TPSA) is 111 Å². The van der Waals surface area contributed by atoms with Crippen LogP contribution in [0.2, 0.25) is 0 Å². The zero-order valence-electron chi connectivity index (χ0n) is 9.80. The quantitative estimate of drug-likeness (QED) is 0.755. The van der Waals surface area contributed by atoms with Crippen molar-refractivity contribution in [1.29, 1.82) is 0 Å². The minimum absolute atomic E-state index is 0.0397. The predicted molar refractivity (Wildman–Crippen MR) is 61.0 cm³/mol. The van der Waals surface area contributed by atoms with E-state index in [1.54, 1.807) is 6.92 Å². The number of aromatic nitrogens is 2. The maximum absolute atomic E-state index is 11.0. The van der Waals surface area contributed by atoms with Crippen molar-refractivity contribution in [1.82, 2.24) is 10.2 Å². The fourth-order valence-corrected chi connectivity index (χ4v) is 1.89. The first kappa shape index (κ1) is 11.8. The van der Waals surface area contributed by atoms with E-state index in [4.69, 9.17) is 15.9 Å². The van der Waals surface area contributed by atoms with Gasteiger partial charge in [0.05, 0.1) is 6.04 Å². The third kappa shape index (κ3) is 2.55. The van der Waals surface area contributed by atoms with Crippen molar-refractivity contribution < 1.29 is 9.21 Å². The number of carbonyl (C=O) groups is 1. The molecular formula is C10H17N5O2. The molecule has 1 aromatic heterocycles. The molecule has 0 spiro atoms. The van der Waals surface area contributed by atoms with Crippen LogP contribution >= 0.6 is 0 Å². The number of rotatable bonds is 3. The van der Waals surface area contributed by atoms with Crippen molar-refractivity contribution in [2.75, 3.05) is 18.0 Å². The third-order valence-corrected chi connectivity index (χ3v) is 2.99. The largest absolute Gasteiger partial charge is 0.406 e. The monoisotopic (exact) mass is 239 g/mol. The molecular weight excluding hydrogens is 222 g/mol. The van der Waals surface area contributed by atoms with E-state index in [9.17, 15) is 4.79 Å². The van der Waals surface area contributed by atoms with Gasteiger partial charge in [0.15, 0.2) is 0 Å². The third-order valence-electron chi connectivity index (χ3n) is 2.99. The van der Waals surface area contributed by atoms with Crippen LogP contribution in [0.3, 0.4) is 0 Å². The van der Waals surface area contributed by atoms with Gasteiger partial charge in [-0.15, -0.1) is 5.10 Å². The van der Waals surface area contributed by atoms with Gasteiger partial charge < -0.3 is 20.8 Å². The second-order valence-electron chi connectivity index (χ2n) is 4.38. The average molecular weight is 239 g/mol. The van der Waals surface area contributed by atoms with Crippen LogP contribution in [0.4, 0.5) is 6.01 Å². The first-order valence-electron chi connectivity index (χ1n) is 5.71. The fraction of sp³-hybridized carbons (Fsp3) is 0.700. The molecule has 0 aromatic carbocycles. The van der Waals surface area contributed by atoms with Gasteiger partial charge in [-0.05, 0) is 19.8 Å². The molecule has 1 aliphatic rings. The molecule has 17 heavy (non-hydrogen) atoms. The molecule has 1 saturated heterocycles. The predicted octanol–water partition coefficient (Wildman–Crippen LogP) is -0.209. The van der Waals surface area contributed by atoms with E-state index in [-0.39, 0.29) is 17.9 Å². The molecule has 1 aliphatic heterocycles. The molecule has 0 bridgehead atoms. The number of carbonyl (C=O) groups excluding carboxylic acids is 1. The van der Waals surface area contributed by atoms with Gasteiger partial charge in [-0.25, -0.2) is 0 Å². The zero-order chi connectivity index (χ0) is 12.4. The fourth-order valence-electron chi connectivity index (χ4n) is 1.89. The summed E-state index contributed by atoms with van der Waals surface area (Å²) in [7, 11) is 0. The number of nitrogens with zero attached hydrogens (tertiary/aromatic N) is 3. The molecule has 2 rings (SSSR count). The minimum atomic E-state index is -0.264. The molecule has 0 aliphatic carbocycles. The highest BCUT2D eigenvalue weighted by atomic mass is 16.4. The normalized spacial score (nSPS) is 19.3. The smallest absolute Gasteiger partial charge is 0.318 e. The highest BCUT2D eigenvalue weighted by Gasteiger charge is 2.26. The summed E-state index contributed by atoms with van der Waals surface area (Å²) >= 11 is 0. The van der Waals surface area contributed by atoms with Gasteiger partial charge in [0, 0.05) is 19.0 Å². The molecule has 94 valence electrons. The average Bonchev–Trinajstić information content (AvgIpc) is 2.78. The first-order valence-corrected chi connectivity index (χ1v) is 5.71. The molecule has 4 N–H and O–H groups in total. The molecule has 1 amide bonds. The Balaban J connectivity index is 1.98. The summed E-state index contributed by atoms with van der Waals surface area (Å²) in [6.07, 6.45) is 1.45. The lowest BCUT2D eigenvalue weighted by atomic mass is 9.97. The summed E-state index contributed by atoms with van der Waals surface area (Å²) in [6, 6.07) is 0.208. The molecule has 1 unspecified atom stereocenters. The SMILES string of the molecule is CC(N)c1nnc(N2CCC(C(N)=O)CC2)o1. The van der Waals surface area contributed by atoms with Crippen molar-refractivity contribution in [3.8, 4) is 0 Å². The molecule has 2 heterocycles. The zero-order valence-corrected chi connectivity index (χ0v) is 9.80. The second kappa shape index (κ2) is 4.70. The highest BCUT2D eigenvalue weighted by Crippen LogP contribution is 2.23. The second-order valence-corrected chi connectivity index (χ2v) is 4.38. The van der Waals surface area contributed by atoms with E-state index in [0.717, 1.165) is 12.8 Å². The number of amides is 1. The lowest BCUT2D eigenvalue weighted by Gasteiger charge is -2.28. The molecule has 0 saturated carbocycles. The summed E-state index contributed by atoms with van der Waals surface area (Å²) in [5.41, 5.74) is 10.9.